The summed E-state index contributed by atoms with van der Waals surface area (Å²) in [6.07, 6.45) is 7.87. The van der Waals surface area contributed by atoms with Gasteiger partial charge in [0.05, 0.1) is 11.0 Å². The van der Waals surface area contributed by atoms with E-state index >= 15 is 0 Å². The molecule has 1 atom stereocenters. The number of likely N-dealkylation sites (tertiary alicyclic amines) is 1. The van der Waals surface area contributed by atoms with Crippen molar-refractivity contribution in [3.63, 3.8) is 0 Å². The maximum Gasteiger partial charge on any atom is 0.316 e. The van der Waals surface area contributed by atoms with Gasteiger partial charge in [0.15, 0.2) is 0 Å². The van der Waals surface area contributed by atoms with Crippen LogP contribution in [0.3, 0.4) is 0 Å². The molecular weight excluding hydrogens is 322 g/mol. The van der Waals surface area contributed by atoms with Gasteiger partial charge in [0.1, 0.15) is 6.10 Å². The molecule has 0 aromatic carbocycles. The number of halogens is 1. The van der Waals surface area contributed by atoms with Crippen molar-refractivity contribution in [2.24, 2.45) is 0 Å². The van der Waals surface area contributed by atoms with Gasteiger partial charge in [0, 0.05) is 25.4 Å². The van der Waals surface area contributed by atoms with Crippen molar-refractivity contribution in [3.8, 4) is 6.01 Å². The second-order valence-corrected chi connectivity index (χ2v) is 5.92. The molecule has 1 fully saturated rings. The van der Waals surface area contributed by atoms with E-state index in [1.165, 1.54) is 0 Å². The van der Waals surface area contributed by atoms with Crippen molar-refractivity contribution in [2.75, 3.05) is 13.1 Å². The summed E-state index contributed by atoms with van der Waals surface area (Å²) in [6.45, 7) is 3.58. The van der Waals surface area contributed by atoms with E-state index in [1.807, 2.05) is 4.90 Å². The van der Waals surface area contributed by atoms with Crippen LogP contribution in [0.15, 0.2) is 16.9 Å². The van der Waals surface area contributed by atoms with Crippen molar-refractivity contribution >= 4 is 21.8 Å². The summed E-state index contributed by atoms with van der Waals surface area (Å²) in [5.74, 6) is 0.233. The highest BCUT2D eigenvalue weighted by molar-refractivity contribution is 9.10. The molecule has 5 nitrogen and oxygen atoms in total. The van der Waals surface area contributed by atoms with E-state index in [1.54, 1.807) is 12.4 Å². The molecule has 0 radical (unpaired) electrons. The molecule has 0 bridgehead atoms. The predicted molar refractivity (Wildman–Crippen MR) is 79.5 cm³/mol. The van der Waals surface area contributed by atoms with E-state index < -0.39 is 0 Å². The van der Waals surface area contributed by atoms with E-state index in [4.69, 9.17) is 4.74 Å². The molecule has 0 spiro atoms. The number of carbonyl (C=O) groups is 1. The zero-order valence-corrected chi connectivity index (χ0v) is 13.3. The minimum atomic E-state index is -0.00416. The smallest absolute Gasteiger partial charge is 0.316 e. The quantitative estimate of drug-likeness (QED) is 0.826. The van der Waals surface area contributed by atoms with E-state index in [0.717, 1.165) is 36.7 Å². The molecule has 6 heteroatoms. The Morgan fingerprint density at radius 2 is 2.25 bits per heavy atom. The van der Waals surface area contributed by atoms with Gasteiger partial charge in [-0.3, -0.25) is 4.79 Å². The Bertz CT molecular complexity index is 439. The van der Waals surface area contributed by atoms with Crippen LogP contribution >= 0.6 is 15.9 Å². The average molecular weight is 342 g/mol. The number of hydrogen-bond acceptors (Lipinski definition) is 4. The van der Waals surface area contributed by atoms with Crippen LogP contribution in [-0.4, -0.2) is 40.0 Å². The normalized spacial score (nSPS) is 18.9. The molecule has 0 saturated carbocycles. The Balaban J connectivity index is 1.86. The zero-order valence-electron chi connectivity index (χ0n) is 11.7. The number of unbranched alkanes of at least 4 members (excludes halogenated alkanes) is 1. The van der Waals surface area contributed by atoms with Crippen LogP contribution in [0, 0.1) is 0 Å². The topological polar surface area (TPSA) is 55.3 Å². The summed E-state index contributed by atoms with van der Waals surface area (Å²) in [4.78, 5) is 22.2. The Morgan fingerprint density at radius 3 is 2.95 bits per heavy atom. The van der Waals surface area contributed by atoms with Crippen molar-refractivity contribution in [1.29, 1.82) is 0 Å². The van der Waals surface area contributed by atoms with E-state index in [-0.39, 0.29) is 12.0 Å². The summed E-state index contributed by atoms with van der Waals surface area (Å²) in [6, 6.07) is 0.376. The van der Waals surface area contributed by atoms with Gasteiger partial charge in [0.25, 0.3) is 0 Å². The van der Waals surface area contributed by atoms with Crippen molar-refractivity contribution < 1.29 is 9.53 Å². The molecular formula is C14H20BrN3O2. The van der Waals surface area contributed by atoms with E-state index in [2.05, 4.69) is 32.8 Å². The summed E-state index contributed by atoms with van der Waals surface area (Å²) >= 11 is 3.29. The molecule has 0 N–H and O–H groups in total. The number of rotatable bonds is 5. The summed E-state index contributed by atoms with van der Waals surface area (Å²) in [7, 11) is 0. The number of carbonyl (C=O) groups excluding carboxylic acids is 1. The van der Waals surface area contributed by atoms with Crippen molar-refractivity contribution in [3.05, 3.63) is 16.9 Å². The van der Waals surface area contributed by atoms with E-state index in [9.17, 15) is 4.79 Å². The Kier molecular flexibility index (Phi) is 5.76. The van der Waals surface area contributed by atoms with Gasteiger partial charge in [-0.05, 0) is 35.2 Å². The zero-order chi connectivity index (χ0) is 14.4. The molecule has 2 heterocycles. The van der Waals surface area contributed by atoms with Gasteiger partial charge >= 0.3 is 6.01 Å². The van der Waals surface area contributed by atoms with Crippen molar-refractivity contribution in [2.45, 2.75) is 45.1 Å². The second kappa shape index (κ2) is 7.57. The number of ether oxygens (including phenoxy) is 1. The standard InChI is InChI=1S/C14H20BrN3O2/c1-2-3-6-13(19)18-7-4-5-12(10-18)20-14-16-8-11(15)9-17-14/h8-9,12H,2-7,10H2,1H3. The molecule has 1 aliphatic heterocycles. The lowest BCUT2D eigenvalue weighted by atomic mass is 10.1. The van der Waals surface area contributed by atoms with Crippen LogP contribution in [0.1, 0.15) is 39.0 Å². The highest BCUT2D eigenvalue weighted by atomic mass is 79.9. The summed E-state index contributed by atoms with van der Waals surface area (Å²) < 4.78 is 6.58. The lowest BCUT2D eigenvalue weighted by molar-refractivity contribution is -0.134. The first kappa shape index (κ1) is 15.2. The first-order valence-corrected chi connectivity index (χ1v) is 7.90. The third kappa shape index (κ3) is 4.44. The van der Waals surface area contributed by atoms with Gasteiger partial charge in [-0.1, -0.05) is 13.3 Å². The van der Waals surface area contributed by atoms with Crippen LogP contribution in [0.25, 0.3) is 0 Å². The van der Waals surface area contributed by atoms with Gasteiger partial charge in [-0.2, -0.15) is 0 Å². The lowest BCUT2D eigenvalue weighted by Gasteiger charge is -2.32. The summed E-state index contributed by atoms with van der Waals surface area (Å²) in [5, 5.41) is 0. The Morgan fingerprint density at radius 1 is 1.50 bits per heavy atom. The number of hydrogen-bond donors (Lipinski definition) is 0. The number of nitrogens with zero attached hydrogens (tertiary/aromatic N) is 3. The molecule has 20 heavy (non-hydrogen) atoms. The number of aromatic nitrogens is 2. The number of piperidine rings is 1. The summed E-state index contributed by atoms with van der Waals surface area (Å²) in [5.41, 5.74) is 0. The fraction of sp³-hybridized carbons (Fsp3) is 0.643. The van der Waals surface area contributed by atoms with Gasteiger partial charge in [-0.25, -0.2) is 9.97 Å². The van der Waals surface area contributed by atoms with Crippen LogP contribution in [-0.2, 0) is 4.79 Å². The third-order valence-electron chi connectivity index (χ3n) is 3.34. The van der Waals surface area contributed by atoms with Crippen LogP contribution in [0.4, 0.5) is 0 Å². The molecule has 1 aromatic rings. The minimum Gasteiger partial charge on any atom is -0.458 e. The molecule has 1 amide bonds. The highest BCUT2D eigenvalue weighted by Gasteiger charge is 2.24. The Labute approximate surface area is 127 Å². The fourth-order valence-electron chi connectivity index (χ4n) is 2.26. The van der Waals surface area contributed by atoms with Gasteiger partial charge in [0.2, 0.25) is 5.91 Å². The van der Waals surface area contributed by atoms with Crippen LogP contribution in [0.2, 0.25) is 0 Å². The monoisotopic (exact) mass is 341 g/mol. The lowest BCUT2D eigenvalue weighted by Crippen LogP contribution is -2.44. The molecule has 0 aliphatic carbocycles. The molecule has 1 saturated heterocycles. The Hall–Kier alpha value is -1.17. The highest BCUT2D eigenvalue weighted by Crippen LogP contribution is 2.17. The predicted octanol–water partition coefficient (Wildman–Crippen LogP) is 2.80. The van der Waals surface area contributed by atoms with Crippen LogP contribution in [0.5, 0.6) is 6.01 Å². The molecule has 1 unspecified atom stereocenters. The maximum absolute atomic E-state index is 12.0. The molecule has 1 aliphatic rings. The fourth-order valence-corrected chi connectivity index (χ4v) is 2.46. The van der Waals surface area contributed by atoms with Crippen molar-refractivity contribution in [1.82, 2.24) is 14.9 Å². The van der Waals surface area contributed by atoms with Gasteiger partial charge in [-0.15, -0.1) is 0 Å². The first-order chi connectivity index (χ1) is 9.69. The minimum absolute atomic E-state index is 0.00416. The molecule has 1 aromatic heterocycles. The van der Waals surface area contributed by atoms with Crippen LogP contribution < -0.4 is 4.74 Å². The largest absolute Gasteiger partial charge is 0.458 e. The maximum atomic E-state index is 12.0. The SMILES string of the molecule is CCCCC(=O)N1CCCC(Oc2ncc(Br)cn2)C1. The molecule has 2 rings (SSSR count). The second-order valence-electron chi connectivity index (χ2n) is 5.01. The average Bonchev–Trinajstić information content (AvgIpc) is 2.47. The first-order valence-electron chi connectivity index (χ1n) is 7.11. The molecule has 110 valence electrons. The van der Waals surface area contributed by atoms with E-state index in [0.29, 0.717) is 19.0 Å². The van der Waals surface area contributed by atoms with Gasteiger partial charge < -0.3 is 9.64 Å². The number of amides is 1. The third-order valence-corrected chi connectivity index (χ3v) is 3.75.